The van der Waals surface area contributed by atoms with Gasteiger partial charge in [0.25, 0.3) is 5.95 Å². The predicted octanol–water partition coefficient (Wildman–Crippen LogP) is 1.96. The fourth-order valence-electron chi connectivity index (χ4n) is 2.16. The molecule has 27 heavy (non-hydrogen) atoms. The van der Waals surface area contributed by atoms with Gasteiger partial charge in [-0.2, -0.15) is 0 Å². The lowest BCUT2D eigenvalue weighted by atomic mass is 10.1. The van der Waals surface area contributed by atoms with Gasteiger partial charge in [0.1, 0.15) is 0 Å². The Morgan fingerprint density at radius 3 is 1.59 bits per heavy atom. The van der Waals surface area contributed by atoms with Gasteiger partial charge >= 0.3 is 29.8 Å². The highest BCUT2D eigenvalue weighted by atomic mass is 16.6. The Labute approximate surface area is 153 Å². The summed E-state index contributed by atoms with van der Waals surface area (Å²) in [4.78, 5) is 52.4. The van der Waals surface area contributed by atoms with Crippen molar-refractivity contribution >= 4 is 29.8 Å². The molecular weight excluding hydrogens is 360 g/mol. The molecule has 9 heteroatoms. The summed E-state index contributed by atoms with van der Waals surface area (Å²) in [6.07, 6.45) is 3.88. The number of allylic oxidation sites excluding steroid dienone is 1. The number of carbonyl (C=O) groups is 5. The fraction of sp³-hybridized carbons (Fsp3) is 0.278. The average Bonchev–Trinajstić information content (AvgIpc) is 2.90. The monoisotopic (exact) mass is 376 g/mol. The van der Waals surface area contributed by atoms with Gasteiger partial charge in [-0.15, -0.1) is 0 Å². The van der Waals surface area contributed by atoms with Crippen LogP contribution in [0.5, 0.6) is 0 Å². The van der Waals surface area contributed by atoms with Crippen molar-refractivity contribution in [2.45, 2.75) is 32.1 Å². The van der Waals surface area contributed by atoms with Crippen molar-refractivity contribution in [3.05, 3.63) is 47.4 Å². The molecule has 0 aromatic heterocycles. The van der Waals surface area contributed by atoms with E-state index in [1.807, 2.05) is 0 Å². The van der Waals surface area contributed by atoms with Crippen LogP contribution < -0.4 is 0 Å². The number of carbonyl (C=O) groups excluding carboxylic acids is 5. The molecule has 0 atom stereocenters. The molecule has 0 amide bonds. The summed E-state index contributed by atoms with van der Waals surface area (Å²) in [6.45, 7) is 0. The average molecular weight is 376 g/mol. The van der Waals surface area contributed by atoms with Gasteiger partial charge in [-0.3, -0.25) is 14.4 Å². The third kappa shape index (κ3) is 6.07. The molecule has 1 saturated heterocycles. The topological polar surface area (TPSA) is 133 Å². The highest BCUT2D eigenvalue weighted by Crippen LogP contribution is 2.18. The number of benzene rings is 1. The van der Waals surface area contributed by atoms with Crippen LogP contribution in [0.2, 0.25) is 0 Å². The van der Waals surface area contributed by atoms with E-state index >= 15 is 0 Å². The van der Waals surface area contributed by atoms with Crippen LogP contribution in [-0.4, -0.2) is 35.0 Å². The number of rotatable bonds is 0. The van der Waals surface area contributed by atoms with Gasteiger partial charge < -0.3 is 19.3 Å². The lowest BCUT2D eigenvalue weighted by Crippen LogP contribution is -2.17. The molecule has 4 rings (SSSR count). The molecule has 1 N–H and O–H groups in total. The number of ether oxygens (including phenoxy) is 3. The van der Waals surface area contributed by atoms with Gasteiger partial charge in [-0.05, 0) is 31.1 Å². The number of aliphatic hydroxyl groups excluding tert-OH is 1. The smallest absolute Gasteiger partial charge is 0.346 e. The van der Waals surface area contributed by atoms with Crippen molar-refractivity contribution in [2.24, 2.45) is 0 Å². The lowest BCUT2D eigenvalue weighted by Gasteiger charge is -2.06. The molecule has 3 aliphatic rings. The van der Waals surface area contributed by atoms with Crippen LogP contribution in [0.15, 0.2) is 36.3 Å². The molecular formula is C18H16O9. The summed E-state index contributed by atoms with van der Waals surface area (Å²) in [5.41, 5.74) is 0.718. The molecule has 3 heterocycles. The van der Waals surface area contributed by atoms with E-state index in [-0.39, 0.29) is 23.9 Å². The lowest BCUT2D eigenvalue weighted by molar-refractivity contribution is -0.163. The first kappa shape index (κ1) is 19.8. The largest absolute Gasteiger partial charge is 0.481 e. The maximum absolute atomic E-state index is 10.8. The van der Waals surface area contributed by atoms with Crippen molar-refractivity contribution in [3.63, 3.8) is 0 Å². The third-order valence-corrected chi connectivity index (χ3v) is 3.43. The second-order valence-corrected chi connectivity index (χ2v) is 5.48. The first-order chi connectivity index (χ1) is 12.9. The normalized spacial score (nSPS) is 17.8. The zero-order chi connectivity index (χ0) is 19.8. The van der Waals surface area contributed by atoms with Crippen LogP contribution in [0, 0.1) is 0 Å². The minimum absolute atomic E-state index is 0.263. The van der Waals surface area contributed by atoms with Gasteiger partial charge in [0.2, 0.25) is 0 Å². The van der Waals surface area contributed by atoms with E-state index in [1.54, 1.807) is 24.3 Å². The van der Waals surface area contributed by atoms with E-state index in [4.69, 9.17) is 5.11 Å². The standard InChI is InChI=1S/C8H4O3.2C5H6O3/c9-7-5-3-1-2-4-6(5)8(10)11-7;2*6-4-2-1-3-5(7)8-4/h1-4H;1-3H2;2,6H,1,3H2. The Bertz CT molecular complexity index is 757. The molecule has 1 aromatic carbocycles. The molecule has 142 valence electrons. The van der Waals surface area contributed by atoms with Crippen LogP contribution in [0.3, 0.4) is 0 Å². The van der Waals surface area contributed by atoms with Crippen molar-refractivity contribution in [1.29, 1.82) is 0 Å². The van der Waals surface area contributed by atoms with E-state index in [0.29, 0.717) is 43.2 Å². The van der Waals surface area contributed by atoms with Gasteiger partial charge in [-0.25, -0.2) is 9.59 Å². The zero-order valence-electron chi connectivity index (χ0n) is 14.1. The van der Waals surface area contributed by atoms with Gasteiger partial charge in [0, 0.05) is 19.3 Å². The van der Waals surface area contributed by atoms with Crippen molar-refractivity contribution in [2.75, 3.05) is 0 Å². The van der Waals surface area contributed by atoms with E-state index in [0.717, 1.165) is 0 Å². The van der Waals surface area contributed by atoms with Crippen molar-refractivity contribution in [3.8, 4) is 0 Å². The highest BCUT2D eigenvalue weighted by molar-refractivity contribution is 6.14. The number of aliphatic hydroxyl groups is 1. The molecule has 1 fully saturated rings. The van der Waals surface area contributed by atoms with Crippen molar-refractivity contribution < 1.29 is 43.3 Å². The summed E-state index contributed by atoms with van der Waals surface area (Å²) in [5.74, 6) is -2.50. The van der Waals surface area contributed by atoms with Crippen LogP contribution in [-0.2, 0) is 28.6 Å². The Morgan fingerprint density at radius 2 is 1.22 bits per heavy atom. The van der Waals surface area contributed by atoms with Gasteiger partial charge in [0.05, 0.1) is 11.1 Å². The summed E-state index contributed by atoms with van der Waals surface area (Å²) in [7, 11) is 0. The minimum Gasteiger partial charge on any atom is -0.481 e. The molecule has 0 bridgehead atoms. The zero-order valence-corrected chi connectivity index (χ0v) is 14.1. The number of fused-ring (bicyclic) bond motifs is 1. The number of hydrogen-bond donors (Lipinski definition) is 1. The van der Waals surface area contributed by atoms with Crippen LogP contribution >= 0.6 is 0 Å². The summed E-state index contributed by atoms with van der Waals surface area (Å²) >= 11 is 0. The number of cyclic esters (lactones) is 5. The Kier molecular flexibility index (Phi) is 6.81. The molecule has 1 aromatic rings. The van der Waals surface area contributed by atoms with Gasteiger partial charge in [0.15, 0.2) is 0 Å². The summed E-state index contributed by atoms with van der Waals surface area (Å²) in [5, 5.41) is 8.50. The molecule has 0 aliphatic carbocycles. The maximum Gasteiger partial charge on any atom is 0.346 e. The van der Waals surface area contributed by atoms with Crippen LogP contribution in [0.1, 0.15) is 52.8 Å². The number of esters is 5. The maximum atomic E-state index is 10.8. The molecule has 9 nitrogen and oxygen atoms in total. The minimum atomic E-state index is -0.550. The Hall–Kier alpha value is -3.49. The van der Waals surface area contributed by atoms with Crippen molar-refractivity contribution in [1.82, 2.24) is 0 Å². The van der Waals surface area contributed by atoms with Crippen LogP contribution in [0.25, 0.3) is 0 Å². The molecule has 0 radical (unpaired) electrons. The Morgan fingerprint density at radius 1 is 0.704 bits per heavy atom. The SMILES string of the molecule is O=C1CCC=C(O)O1.O=C1CCCC(=O)O1.O=C1OC(=O)c2ccccc21. The molecule has 3 aliphatic heterocycles. The van der Waals surface area contributed by atoms with E-state index in [9.17, 15) is 24.0 Å². The fourth-order valence-corrected chi connectivity index (χ4v) is 2.16. The molecule has 0 saturated carbocycles. The summed E-state index contributed by atoms with van der Waals surface area (Å²) in [6, 6.07) is 6.53. The number of hydrogen-bond acceptors (Lipinski definition) is 9. The van der Waals surface area contributed by atoms with Crippen LogP contribution in [0.4, 0.5) is 0 Å². The second-order valence-electron chi connectivity index (χ2n) is 5.48. The van der Waals surface area contributed by atoms with E-state index in [2.05, 4.69) is 14.2 Å². The summed E-state index contributed by atoms with van der Waals surface area (Å²) < 4.78 is 12.8. The molecule has 0 spiro atoms. The third-order valence-electron chi connectivity index (χ3n) is 3.43. The van der Waals surface area contributed by atoms with E-state index in [1.165, 1.54) is 6.08 Å². The molecule has 0 unspecified atom stereocenters. The second kappa shape index (κ2) is 9.27. The first-order valence-corrected chi connectivity index (χ1v) is 8.05. The highest BCUT2D eigenvalue weighted by Gasteiger charge is 2.28. The van der Waals surface area contributed by atoms with E-state index < -0.39 is 11.9 Å². The first-order valence-electron chi connectivity index (χ1n) is 8.05. The predicted molar refractivity (Wildman–Crippen MR) is 87.2 cm³/mol. The Balaban J connectivity index is 0.000000149. The quantitative estimate of drug-likeness (QED) is 0.410. The van der Waals surface area contributed by atoms with Gasteiger partial charge in [-0.1, -0.05) is 12.1 Å².